The van der Waals surface area contributed by atoms with Gasteiger partial charge in [-0.25, -0.2) is 0 Å². The summed E-state index contributed by atoms with van der Waals surface area (Å²) in [5, 5.41) is 0. The van der Waals surface area contributed by atoms with E-state index < -0.39 is 0 Å². The van der Waals surface area contributed by atoms with E-state index in [2.05, 4.69) is 27.7 Å². The molecule has 0 heterocycles. The van der Waals surface area contributed by atoms with Crippen LogP contribution in [-0.2, 0) is 0 Å². The van der Waals surface area contributed by atoms with Gasteiger partial charge < -0.3 is 5.73 Å². The molecule has 3 rings (SSSR count). The standard InChI is InChI=1S/C20H37N/c1-14(2)15-6-8-18-16(11-15)5-7-17-12-19(3,13-21)9-10-20(17,18)4/h14-18H,5-13,21H2,1-4H3/t15?,16?,17?,18?,19-,20-/m0/s1. The SMILES string of the molecule is CC(C)C1CCC2C(CCC3C[C@@](C)(CN)CC[C@@]32C)C1. The van der Waals surface area contributed by atoms with Crippen LogP contribution in [0.1, 0.15) is 79.1 Å². The molecule has 1 heteroatoms. The maximum atomic E-state index is 6.09. The highest BCUT2D eigenvalue weighted by Crippen LogP contribution is 2.62. The molecular weight excluding hydrogens is 254 g/mol. The van der Waals surface area contributed by atoms with E-state index in [0.29, 0.717) is 10.8 Å². The Balaban J connectivity index is 1.75. The summed E-state index contributed by atoms with van der Waals surface area (Å²) in [4.78, 5) is 0. The molecular formula is C20H37N. The summed E-state index contributed by atoms with van der Waals surface area (Å²) < 4.78 is 0. The molecule has 0 aromatic carbocycles. The fraction of sp³-hybridized carbons (Fsp3) is 1.00. The van der Waals surface area contributed by atoms with E-state index in [-0.39, 0.29) is 0 Å². The largest absolute Gasteiger partial charge is 0.330 e. The summed E-state index contributed by atoms with van der Waals surface area (Å²) in [7, 11) is 0. The maximum absolute atomic E-state index is 6.09. The summed E-state index contributed by atoms with van der Waals surface area (Å²) in [6.45, 7) is 10.9. The first-order valence-electron chi connectivity index (χ1n) is 9.58. The summed E-state index contributed by atoms with van der Waals surface area (Å²) in [6, 6.07) is 0. The van der Waals surface area contributed by atoms with Crippen LogP contribution in [-0.4, -0.2) is 6.54 Å². The molecule has 122 valence electrons. The molecule has 4 unspecified atom stereocenters. The zero-order valence-electron chi connectivity index (χ0n) is 14.8. The van der Waals surface area contributed by atoms with Crippen molar-refractivity contribution in [3.63, 3.8) is 0 Å². The number of nitrogens with two attached hydrogens (primary N) is 1. The van der Waals surface area contributed by atoms with Crippen LogP contribution in [0.5, 0.6) is 0 Å². The zero-order chi connectivity index (χ0) is 15.3. The van der Waals surface area contributed by atoms with Crippen molar-refractivity contribution in [1.29, 1.82) is 0 Å². The van der Waals surface area contributed by atoms with Crippen molar-refractivity contribution < 1.29 is 0 Å². The number of rotatable bonds is 2. The van der Waals surface area contributed by atoms with E-state index in [9.17, 15) is 0 Å². The molecule has 0 spiro atoms. The van der Waals surface area contributed by atoms with Crippen LogP contribution in [0.15, 0.2) is 0 Å². The summed E-state index contributed by atoms with van der Waals surface area (Å²) in [5.41, 5.74) is 7.16. The third kappa shape index (κ3) is 2.69. The highest BCUT2D eigenvalue weighted by Gasteiger charge is 2.53. The van der Waals surface area contributed by atoms with Gasteiger partial charge in [0.1, 0.15) is 0 Å². The Kier molecular flexibility index (Phi) is 4.19. The zero-order valence-corrected chi connectivity index (χ0v) is 14.8. The van der Waals surface area contributed by atoms with Crippen molar-refractivity contribution in [2.75, 3.05) is 6.54 Å². The van der Waals surface area contributed by atoms with Crippen LogP contribution in [0.25, 0.3) is 0 Å². The maximum Gasteiger partial charge on any atom is -0.00231 e. The predicted molar refractivity (Wildman–Crippen MR) is 91.0 cm³/mol. The van der Waals surface area contributed by atoms with Crippen molar-refractivity contribution >= 4 is 0 Å². The predicted octanol–water partition coefficient (Wildman–Crippen LogP) is 5.24. The van der Waals surface area contributed by atoms with Crippen LogP contribution >= 0.6 is 0 Å². The minimum Gasteiger partial charge on any atom is -0.330 e. The van der Waals surface area contributed by atoms with E-state index in [0.717, 1.165) is 36.1 Å². The lowest BCUT2D eigenvalue weighted by Gasteiger charge is -2.59. The van der Waals surface area contributed by atoms with Gasteiger partial charge in [-0.15, -0.1) is 0 Å². The topological polar surface area (TPSA) is 26.0 Å². The number of hydrogen-bond donors (Lipinski definition) is 1. The molecule has 3 saturated carbocycles. The van der Waals surface area contributed by atoms with Gasteiger partial charge in [-0.05, 0) is 98.3 Å². The molecule has 0 amide bonds. The average molecular weight is 292 g/mol. The molecule has 21 heavy (non-hydrogen) atoms. The van der Waals surface area contributed by atoms with Crippen LogP contribution in [0.3, 0.4) is 0 Å². The molecule has 3 fully saturated rings. The van der Waals surface area contributed by atoms with Crippen LogP contribution in [0.2, 0.25) is 0 Å². The van der Waals surface area contributed by atoms with E-state index in [1.165, 1.54) is 51.4 Å². The lowest BCUT2D eigenvalue weighted by Crippen LogP contribution is -2.51. The molecule has 0 aromatic heterocycles. The van der Waals surface area contributed by atoms with Gasteiger partial charge in [0.2, 0.25) is 0 Å². The van der Waals surface area contributed by atoms with Gasteiger partial charge in [0, 0.05) is 0 Å². The quantitative estimate of drug-likeness (QED) is 0.739. The van der Waals surface area contributed by atoms with Crippen LogP contribution < -0.4 is 5.73 Å². The first-order chi connectivity index (χ1) is 9.88. The summed E-state index contributed by atoms with van der Waals surface area (Å²) in [5.74, 6) is 4.91. The van der Waals surface area contributed by atoms with Crippen molar-refractivity contribution in [3.8, 4) is 0 Å². The van der Waals surface area contributed by atoms with Crippen LogP contribution in [0, 0.1) is 40.4 Å². The molecule has 0 saturated heterocycles. The Morgan fingerprint density at radius 1 is 1.05 bits per heavy atom. The Morgan fingerprint density at radius 2 is 1.81 bits per heavy atom. The lowest BCUT2D eigenvalue weighted by atomic mass is 9.46. The van der Waals surface area contributed by atoms with Gasteiger partial charge in [-0.3, -0.25) is 0 Å². The minimum absolute atomic E-state index is 0.437. The Bertz CT molecular complexity index is 376. The van der Waals surface area contributed by atoms with E-state index in [1.807, 2.05) is 0 Å². The molecule has 3 aliphatic carbocycles. The summed E-state index contributed by atoms with van der Waals surface area (Å²) >= 11 is 0. The van der Waals surface area contributed by atoms with Gasteiger partial charge in [0.25, 0.3) is 0 Å². The van der Waals surface area contributed by atoms with Crippen molar-refractivity contribution in [2.24, 2.45) is 46.2 Å². The van der Waals surface area contributed by atoms with E-state index >= 15 is 0 Å². The molecule has 0 aromatic rings. The van der Waals surface area contributed by atoms with Crippen molar-refractivity contribution in [2.45, 2.75) is 79.1 Å². The van der Waals surface area contributed by atoms with Gasteiger partial charge >= 0.3 is 0 Å². The monoisotopic (exact) mass is 291 g/mol. The molecule has 0 radical (unpaired) electrons. The molecule has 3 aliphatic rings. The minimum atomic E-state index is 0.437. The molecule has 1 nitrogen and oxygen atoms in total. The van der Waals surface area contributed by atoms with E-state index in [4.69, 9.17) is 5.73 Å². The third-order valence-electron chi connectivity index (χ3n) is 8.13. The molecule has 6 atom stereocenters. The first-order valence-corrected chi connectivity index (χ1v) is 9.58. The van der Waals surface area contributed by atoms with E-state index in [1.54, 1.807) is 0 Å². The smallest absolute Gasteiger partial charge is 0.00231 e. The fourth-order valence-corrected chi connectivity index (χ4v) is 6.32. The Hall–Kier alpha value is -0.0400. The third-order valence-corrected chi connectivity index (χ3v) is 8.13. The Morgan fingerprint density at radius 3 is 2.48 bits per heavy atom. The molecule has 0 bridgehead atoms. The average Bonchev–Trinajstić information content (AvgIpc) is 2.48. The lowest BCUT2D eigenvalue weighted by molar-refractivity contribution is -0.0936. The normalized spacial score (nSPS) is 50.6. The second kappa shape index (κ2) is 5.55. The summed E-state index contributed by atoms with van der Waals surface area (Å²) in [6.07, 6.45) is 11.7. The highest BCUT2D eigenvalue weighted by molar-refractivity contribution is 5.03. The van der Waals surface area contributed by atoms with Gasteiger partial charge in [0.05, 0.1) is 0 Å². The number of fused-ring (bicyclic) bond motifs is 3. The highest BCUT2D eigenvalue weighted by atomic mass is 14.6. The van der Waals surface area contributed by atoms with Crippen molar-refractivity contribution in [1.82, 2.24) is 0 Å². The van der Waals surface area contributed by atoms with Crippen LogP contribution in [0.4, 0.5) is 0 Å². The second-order valence-corrected chi connectivity index (χ2v) is 9.68. The molecule has 2 N–H and O–H groups in total. The van der Waals surface area contributed by atoms with Crippen molar-refractivity contribution in [3.05, 3.63) is 0 Å². The Labute approximate surface area is 132 Å². The van der Waals surface area contributed by atoms with Gasteiger partial charge in [-0.2, -0.15) is 0 Å². The number of hydrogen-bond acceptors (Lipinski definition) is 1. The molecule has 0 aliphatic heterocycles. The fourth-order valence-electron chi connectivity index (χ4n) is 6.32. The van der Waals surface area contributed by atoms with Gasteiger partial charge in [-0.1, -0.05) is 27.7 Å². The first kappa shape index (κ1) is 15.8. The van der Waals surface area contributed by atoms with Gasteiger partial charge in [0.15, 0.2) is 0 Å². The second-order valence-electron chi connectivity index (χ2n) is 9.68.